The highest BCUT2D eigenvalue weighted by atomic mass is 16.5. The van der Waals surface area contributed by atoms with Crippen molar-refractivity contribution < 1.29 is 4.74 Å². The predicted molar refractivity (Wildman–Crippen MR) is 70.3 cm³/mol. The summed E-state index contributed by atoms with van der Waals surface area (Å²) in [5.41, 5.74) is 0.292. The number of pyridine rings is 1. The maximum absolute atomic E-state index is 5.53. The smallest absolute Gasteiger partial charge is 0.201 e. The molecule has 0 bridgehead atoms. The van der Waals surface area contributed by atoms with E-state index in [2.05, 4.69) is 15.2 Å². The van der Waals surface area contributed by atoms with Gasteiger partial charge in [0.25, 0.3) is 0 Å². The molecule has 98 valence electrons. The van der Waals surface area contributed by atoms with Gasteiger partial charge in [0, 0.05) is 25.1 Å². The molecule has 2 rings (SSSR count). The molecule has 1 aliphatic carbocycles. The van der Waals surface area contributed by atoms with E-state index in [9.17, 15) is 0 Å². The molecule has 4 heteroatoms. The van der Waals surface area contributed by atoms with E-state index in [1.807, 2.05) is 19.1 Å². The van der Waals surface area contributed by atoms with Crippen LogP contribution >= 0.6 is 0 Å². The molecule has 4 nitrogen and oxygen atoms in total. The van der Waals surface area contributed by atoms with Gasteiger partial charge >= 0.3 is 0 Å². The number of aromatic nitrogens is 1. The first-order valence-electron chi connectivity index (χ1n) is 6.62. The lowest BCUT2D eigenvalue weighted by Crippen LogP contribution is -2.22. The van der Waals surface area contributed by atoms with E-state index >= 15 is 0 Å². The highest BCUT2D eigenvalue weighted by molar-refractivity contribution is 5.17. The maximum atomic E-state index is 5.53. The van der Waals surface area contributed by atoms with Gasteiger partial charge in [-0.25, -0.2) is 0 Å². The molecule has 0 spiro atoms. The fourth-order valence-electron chi connectivity index (χ4n) is 2.27. The Kier molecular flexibility index (Phi) is 4.42. The Labute approximate surface area is 108 Å². The molecular weight excluding hydrogens is 226 g/mol. The normalized spacial score (nSPS) is 21.0. The summed E-state index contributed by atoms with van der Waals surface area (Å²) in [6.45, 7) is 1.94. The van der Waals surface area contributed by atoms with Crippen LogP contribution in [0.5, 0.6) is 0 Å². The van der Waals surface area contributed by atoms with Crippen LogP contribution in [0.15, 0.2) is 34.8 Å². The minimum atomic E-state index is -0.694. The van der Waals surface area contributed by atoms with Crippen molar-refractivity contribution in [2.45, 2.75) is 50.8 Å². The standard InChI is InChI=1S/C14H21N3O/c1-14(18-2,12-8-10-15-11-9-12)17-16-13-6-4-3-5-7-13/h8-11,13H,3-7H2,1-2H3. The Balaban J connectivity index is 2.10. The fourth-order valence-corrected chi connectivity index (χ4v) is 2.27. The van der Waals surface area contributed by atoms with Crippen LogP contribution in [0.25, 0.3) is 0 Å². The van der Waals surface area contributed by atoms with Crippen molar-refractivity contribution in [2.75, 3.05) is 7.11 Å². The molecular formula is C14H21N3O. The van der Waals surface area contributed by atoms with Crippen LogP contribution in [0, 0.1) is 0 Å². The molecule has 1 atom stereocenters. The minimum Gasteiger partial charge on any atom is -0.352 e. The second kappa shape index (κ2) is 6.05. The van der Waals surface area contributed by atoms with Crippen molar-refractivity contribution >= 4 is 0 Å². The summed E-state index contributed by atoms with van der Waals surface area (Å²) >= 11 is 0. The largest absolute Gasteiger partial charge is 0.352 e. The van der Waals surface area contributed by atoms with Crippen molar-refractivity contribution in [1.82, 2.24) is 4.98 Å². The molecule has 0 aromatic carbocycles. The van der Waals surface area contributed by atoms with E-state index in [1.54, 1.807) is 19.5 Å². The second-order valence-electron chi connectivity index (χ2n) is 4.93. The SMILES string of the molecule is COC(C)(N=NC1CCCCC1)c1ccncc1. The summed E-state index contributed by atoms with van der Waals surface area (Å²) in [4.78, 5) is 4.02. The zero-order valence-corrected chi connectivity index (χ0v) is 11.2. The van der Waals surface area contributed by atoms with Gasteiger partial charge in [-0.2, -0.15) is 10.2 Å². The van der Waals surface area contributed by atoms with Crippen molar-refractivity contribution in [1.29, 1.82) is 0 Å². The van der Waals surface area contributed by atoms with E-state index in [4.69, 9.17) is 4.74 Å². The summed E-state index contributed by atoms with van der Waals surface area (Å²) in [5, 5.41) is 8.93. The topological polar surface area (TPSA) is 46.8 Å². The number of methoxy groups -OCH3 is 1. The van der Waals surface area contributed by atoms with E-state index in [-0.39, 0.29) is 0 Å². The molecule has 1 fully saturated rings. The van der Waals surface area contributed by atoms with Crippen molar-refractivity contribution in [3.05, 3.63) is 30.1 Å². The van der Waals surface area contributed by atoms with Crippen LogP contribution in [0.1, 0.15) is 44.6 Å². The number of hydrogen-bond donors (Lipinski definition) is 0. The maximum Gasteiger partial charge on any atom is 0.201 e. The lowest BCUT2D eigenvalue weighted by Gasteiger charge is -2.24. The minimum absolute atomic E-state index is 0.370. The summed E-state index contributed by atoms with van der Waals surface area (Å²) in [6, 6.07) is 4.21. The van der Waals surface area contributed by atoms with Gasteiger partial charge in [0.05, 0.1) is 6.04 Å². The Morgan fingerprint density at radius 3 is 2.50 bits per heavy atom. The van der Waals surface area contributed by atoms with Gasteiger partial charge < -0.3 is 4.74 Å². The Hall–Kier alpha value is -1.29. The van der Waals surface area contributed by atoms with Gasteiger partial charge in [0.1, 0.15) is 0 Å². The molecule has 0 radical (unpaired) electrons. The average molecular weight is 247 g/mol. The highest BCUT2D eigenvalue weighted by Gasteiger charge is 2.26. The molecule has 18 heavy (non-hydrogen) atoms. The summed E-state index contributed by atoms with van der Waals surface area (Å²) in [6.07, 6.45) is 9.67. The third-order valence-corrected chi connectivity index (χ3v) is 3.60. The zero-order chi connectivity index (χ0) is 12.8. The first-order valence-corrected chi connectivity index (χ1v) is 6.62. The number of nitrogens with zero attached hydrogens (tertiary/aromatic N) is 3. The lowest BCUT2D eigenvalue weighted by atomic mass is 9.96. The van der Waals surface area contributed by atoms with Gasteiger partial charge in [-0.15, -0.1) is 0 Å². The average Bonchev–Trinajstić information content (AvgIpc) is 2.47. The first kappa shape index (κ1) is 13.1. The molecule has 0 aliphatic heterocycles. The molecule has 1 aromatic rings. The van der Waals surface area contributed by atoms with Crippen LogP contribution in [0.2, 0.25) is 0 Å². The van der Waals surface area contributed by atoms with Gasteiger partial charge in [0.15, 0.2) is 0 Å². The molecule has 1 aliphatic rings. The highest BCUT2D eigenvalue weighted by Crippen LogP contribution is 2.28. The van der Waals surface area contributed by atoms with Crippen molar-refractivity contribution in [3.63, 3.8) is 0 Å². The zero-order valence-electron chi connectivity index (χ0n) is 11.2. The molecule has 1 unspecified atom stereocenters. The molecule has 0 N–H and O–H groups in total. The van der Waals surface area contributed by atoms with Gasteiger partial charge in [-0.05, 0) is 31.9 Å². The van der Waals surface area contributed by atoms with Crippen LogP contribution in [0.4, 0.5) is 0 Å². The van der Waals surface area contributed by atoms with Gasteiger partial charge in [-0.1, -0.05) is 19.3 Å². The van der Waals surface area contributed by atoms with Crippen LogP contribution in [0.3, 0.4) is 0 Å². The van der Waals surface area contributed by atoms with Gasteiger partial charge in [-0.3, -0.25) is 4.98 Å². The molecule has 0 saturated heterocycles. The van der Waals surface area contributed by atoms with Crippen molar-refractivity contribution in [3.8, 4) is 0 Å². The first-order chi connectivity index (χ1) is 8.74. The molecule has 1 heterocycles. The summed E-state index contributed by atoms with van der Waals surface area (Å²) in [7, 11) is 1.67. The third kappa shape index (κ3) is 3.13. The van der Waals surface area contributed by atoms with E-state index in [0.717, 1.165) is 18.4 Å². The number of hydrogen-bond acceptors (Lipinski definition) is 4. The Morgan fingerprint density at radius 2 is 1.89 bits per heavy atom. The van der Waals surface area contributed by atoms with E-state index in [1.165, 1.54) is 19.3 Å². The molecule has 0 amide bonds. The third-order valence-electron chi connectivity index (χ3n) is 3.60. The Bertz CT molecular complexity index is 387. The summed E-state index contributed by atoms with van der Waals surface area (Å²) in [5.74, 6) is 0. The fraction of sp³-hybridized carbons (Fsp3) is 0.643. The lowest BCUT2D eigenvalue weighted by molar-refractivity contribution is 0.00166. The molecule has 1 aromatic heterocycles. The number of ether oxygens (including phenoxy) is 1. The second-order valence-corrected chi connectivity index (χ2v) is 4.93. The van der Waals surface area contributed by atoms with Crippen LogP contribution in [-0.4, -0.2) is 18.1 Å². The monoisotopic (exact) mass is 247 g/mol. The molecule has 1 saturated carbocycles. The van der Waals surface area contributed by atoms with E-state index < -0.39 is 5.72 Å². The summed E-state index contributed by atoms with van der Waals surface area (Å²) < 4.78 is 5.53. The number of rotatable bonds is 4. The van der Waals surface area contributed by atoms with E-state index in [0.29, 0.717) is 6.04 Å². The predicted octanol–water partition coefficient (Wildman–Crippen LogP) is 3.69. The van der Waals surface area contributed by atoms with Crippen molar-refractivity contribution in [2.24, 2.45) is 10.2 Å². The number of azo groups is 1. The van der Waals surface area contributed by atoms with Crippen LogP contribution in [-0.2, 0) is 10.5 Å². The quantitative estimate of drug-likeness (QED) is 0.762. The van der Waals surface area contributed by atoms with Gasteiger partial charge in [0.2, 0.25) is 5.72 Å². The van der Waals surface area contributed by atoms with Crippen LogP contribution < -0.4 is 0 Å². The Morgan fingerprint density at radius 1 is 1.22 bits per heavy atom.